The van der Waals surface area contributed by atoms with Gasteiger partial charge in [-0.15, -0.1) is 5.10 Å². The summed E-state index contributed by atoms with van der Waals surface area (Å²) >= 11 is 0. The summed E-state index contributed by atoms with van der Waals surface area (Å²) in [5, 5.41) is 8.90. The van der Waals surface area contributed by atoms with Crippen LogP contribution in [0.25, 0.3) is 0 Å². The zero-order valence-corrected chi connectivity index (χ0v) is 17.9. The molecule has 1 saturated heterocycles. The number of ether oxygens (including phenoxy) is 1. The molecule has 3 heterocycles. The largest absolute Gasteiger partial charge is 0.376 e. The Labute approximate surface area is 177 Å². The molecule has 2 aromatic rings. The quantitative estimate of drug-likeness (QED) is 0.732. The molecule has 2 aromatic heterocycles. The van der Waals surface area contributed by atoms with Crippen LogP contribution in [0.1, 0.15) is 37.4 Å². The van der Waals surface area contributed by atoms with Gasteiger partial charge in [0.1, 0.15) is 5.82 Å². The van der Waals surface area contributed by atoms with E-state index >= 15 is 0 Å². The molecule has 9 heteroatoms. The minimum absolute atomic E-state index is 0.191. The van der Waals surface area contributed by atoms with Crippen molar-refractivity contribution in [1.82, 2.24) is 29.9 Å². The van der Waals surface area contributed by atoms with Crippen molar-refractivity contribution < 1.29 is 4.74 Å². The lowest BCUT2D eigenvalue weighted by molar-refractivity contribution is -0.0375. The van der Waals surface area contributed by atoms with Crippen LogP contribution in [0, 0.1) is 17.8 Å². The molecule has 0 aromatic carbocycles. The standard InChI is InChI=1S/C21H32N8O/c1-27(2)11-17-12-29(26-25-17)18-7-15-9-28(20-5-6-23-21(22)24-20)10-16(15)8-19(18)30-13-14-3-4-14/h5-6,12,14-16,18-19H,3-4,7-11,13H2,1-2H3,(H2,22,23,24)/t15-,16+,18-,19-/m1/s1. The van der Waals surface area contributed by atoms with E-state index in [9.17, 15) is 0 Å². The molecule has 3 fully saturated rings. The van der Waals surface area contributed by atoms with Crippen LogP contribution in [0.5, 0.6) is 0 Å². The topological polar surface area (TPSA) is 98.2 Å². The molecule has 0 spiro atoms. The summed E-state index contributed by atoms with van der Waals surface area (Å²) in [4.78, 5) is 12.9. The second kappa shape index (κ2) is 8.11. The van der Waals surface area contributed by atoms with Gasteiger partial charge in [0.2, 0.25) is 5.95 Å². The van der Waals surface area contributed by atoms with Crippen LogP contribution < -0.4 is 10.6 Å². The van der Waals surface area contributed by atoms with Gasteiger partial charge in [0, 0.05) is 32.4 Å². The second-order valence-electron chi connectivity index (χ2n) is 9.48. The van der Waals surface area contributed by atoms with Crippen molar-refractivity contribution in [3.63, 3.8) is 0 Å². The normalized spacial score (nSPS) is 28.8. The first-order valence-electron chi connectivity index (χ1n) is 11.1. The highest BCUT2D eigenvalue weighted by Gasteiger charge is 2.44. The lowest BCUT2D eigenvalue weighted by Gasteiger charge is -2.37. The third kappa shape index (κ3) is 4.27. The molecule has 0 radical (unpaired) electrons. The van der Waals surface area contributed by atoms with Crippen LogP contribution >= 0.6 is 0 Å². The fraction of sp³-hybridized carbons (Fsp3) is 0.714. The van der Waals surface area contributed by atoms with Crippen LogP contribution in [0.3, 0.4) is 0 Å². The molecule has 2 saturated carbocycles. The van der Waals surface area contributed by atoms with Gasteiger partial charge in [-0.1, -0.05) is 5.21 Å². The summed E-state index contributed by atoms with van der Waals surface area (Å²) in [6, 6.07) is 2.20. The lowest BCUT2D eigenvalue weighted by atomic mass is 9.77. The first-order chi connectivity index (χ1) is 14.5. The minimum atomic E-state index is 0.191. The van der Waals surface area contributed by atoms with Crippen LogP contribution in [0.4, 0.5) is 11.8 Å². The summed E-state index contributed by atoms with van der Waals surface area (Å²) in [7, 11) is 4.11. The van der Waals surface area contributed by atoms with Gasteiger partial charge in [-0.2, -0.15) is 4.98 Å². The average Bonchev–Trinajstić information content (AvgIpc) is 3.27. The van der Waals surface area contributed by atoms with Gasteiger partial charge in [-0.05, 0) is 63.6 Å². The van der Waals surface area contributed by atoms with Crippen molar-refractivity contribution >= 4 is 11.8 Å². The van der Waals surface area contributed by atoms with Crippen molar-refractivity contribution in [1.29, 1.82) is 0 Å². The summed E-state index contributed by atoms with van der Waals surface area (Å²) in [6.45, 7) is 3.67. The minimum Gasteiger partial charge on any atom is -0.376 e. The number of aromatic nitrogens is 5. The SMILES string of the molecule is CN(C)Cc1cn([C@@H]2C[C@@H]3CN(c4ccnc(N)n4)C[C@@H]3C[C@H]2OCC2CC2)nn1. The zero-order valence-electron chi connectivity index (χ0n) is 17.9. The van der Waals surface area contributed by atoms with Crippen LogP contribution in [0.15, 0.2) is 18.5 Å². The number of nitrogens with zero attached hydrogens (tertiary/aromatic N) is 7. The summed E-state index contributed by atoms with van der Waals surface area (Å²) < 4.78 is 8.54. The van der Waals surface area contributed by atoms with E-state index in [0.29, 0.717) is 17.8 Å². The maximum absolute atomic E-state index is 6.47. The molecule has 2 N–H and O–H groups in total. The van der Waals surface area contributed by atoms with Gasteiger partial charge in [-0.25, -0.2) is 9.67 Å². The Balaban J connectivity index is 1.33. The molecule has 9 nitrogen and oxygen atoms in total. The molecule has 2 aliphatic carbocycles. The van der Waals surface area contributed by atoms with E-state index < -0.39 is 0 Å². The van der Waals surface area contributed by atoms with Crippen LogP contribution in [-0.4, -0.2) is 69.8 Å². The second-order valence-corrected chi connectivity index (χ2v) is 9.48. The number of anilines is 2. The van der Waals surface area contributed by atoms with Gasteiger partial charge in [0.25, 0.3) is 0 Å². The van der Waals surface area contributed by atoms with E-state index in [2.05, 4.69) is 55.1 Å². The van der Waals surface area contributed by atoms with Crippen molar-refractivity contribution in [2.45, 2.75) is 44.4 Å². The Morgan fingerprint density at radius 3 is 2.73 bits per heavy atom. The van der Waals surface area contributed by atoms with E-state index in [0.717, 1.165) is 56.5 Å². The summed E-state index contributed by atoms with van der Waals surface area (Å²) in [5.74, 6) is 3.22. The lowest BCUT2D eigenvalue weighted by Crippen LogP contribution is -2.38. The van der Waals surface area contributed by atoms with Crippen LogP contribution in [0.2, 0.25) is 0 Å². The van der Waals surface area contributed by atoms with Gasteiger partial charge in [0.15, 0.2) is 0 Å². The molecule has 30 heavy (non-hydrogen) atoms. The van der Waals surface area contributed by atoms with Gasteiger partial charge in [0.05, 0.1) is 24.0 Å². The first-order valence-corrected chi connectivity index (χ1v) is 11.1. The predicted molar refractivity (Wildman–Crippen MR) is 114 cm³/mol. The maximum atomic E-state index is 6.47. The number of hydrogen-bond donors (Lipinski definition) is 1. The van der Waals surface area contributed by atoms with Gasteiger partial charge >= 0.3 is 0 Å². The Morgan fingerprint density at radius 2 is 2.00 bits per heavy atom. The Kier molecular flexibility index (Phi) is 5.32. The van der Waals surface area contributed by atoms with Crippen LogP contribution in [-0.2, 0) is 11.3 Å². The molecule has 162 valence electrons. The fourth-order valence-corrected chi connectivity index (χ4v) is 4.99. The van der Waals surface area contributed by atoms with E-state index in [-0.39, 0.29) is 12.1 Å². The zero-order chi connectivity index (χ0) is 20.7. The number of fused-ring (bicyclic) bond motifs is 1. The Bertz CT molecular complexity index is 866. The molecule has 3 aliphatic rings. The van der Waals surface area contributed by atoms with Gasteiger partial charge < -0.3 is 20.3 Å². The molecular formula is C21H32N8O. The molecule has 4 atom stereocenters. The molecule has 0 unspecified atom stereocenters. The van der Waals surface area contributed by atoms with E-state index in [4.69, 9.17) is 10.5 Å². The number of rotatable bonds is 7. The molecule has 0 bridgehead atoms. The average molecular weight is 413 g/mol. The highest BCUT2D eigenvalue weighted by atomic mass is 16.5. The highest BCUT2D eigenvalue weighted by Crippen LogP contribution is 2.44. The van der Waals surface area contributed by atoms with Gasteiger partial charge in [-0.3, -0.25) is 0 Å². The van der Waals surface area contributed by atoms with Crippen molar-refractivity contribution in [3.05, 3.63) is 24.2 Å². The Hall–Kier alpha value is -2.26. The van der Waals surface area contributed by atoms with Crippen molar-refractivity contribution in [2.75, 3.05) is 44.4 Å². The smallest absolute Gasteiger partial charge is 0.221 e. The number of nitrogens with two attached hydrogens (primary N) is 1. The third-order valence-electron chi connectivity index (χ3n) is 6.69. The van der Waals surface area contributed by atoms with E-state index in [1.165, 1.54) is 12.8 Å². The number of hydrogen-bond acceptors (Lipinski definition) is 8. The predicted octanol–water partition coefficient (Wildman–Crippen LogP) is 1.59. The van der Waals surface area contributed by atoms with E-state index in [1.807, 2.05) is 6.07 Å². The molecule has 0 amide bonds. The summed E-state index contributed by atoms with van der Waals surface area (Å²) in [5.41, 5.74) is 6.82. The third-order valence-corrected chi connectivity index (χ3v) is 6.69. The van der Waals surface area contributed by atoms with Crippen molar-refractivity contribution in [2.24, 2.45) is 17.8 Å². The van der Waals surface area contributed by atoms with Crippen molar-refractivity contribution in [3.8, 4) is 0 Å². The molecule has 1 aliphatic heterocycles. The monoisotopic (exact) mass is 412 g/mol. The number of nitrogen functional groups attached to an aromatic ring is 1. The summed E-state index contributed by atoms with van der Waals surface area (Å²) in [6.07, 6.45) is 8.77. The fourth-order valence-electron chi connectivity index (χ4n) is 4.99. The maximum Gasteiger partial charge on any atom is 0.221 e. The molecular weight excluding hydrogens is 380 g/mol. The molecule has 5 rings (SSSR count). The Morgan fingerprint density at radius 1 is 1.20 bits per heavy atom. The highest BCUT2D eigenvalue weighted by molar-refractivity contribution is 5.42. The first kappa shape index (κ1) is 19.7. The van der Waals surface area contributed by atoms with E-state index in [1.54, 1.807) is 6.20 Å².